The maximum atomic E-state index is 11.6. The first-order valence-electron chi connectivity index (χ1n) is 5.51. The summed E-state index contributed by atoms with van der Waals surface area (Å²) in [6, 6.07) is 0.379. The highest BCUT2D eigenvalue weighted by Crippen LogP contribution is 2.10. The Morgan fingerprint density at radius 2 is 2.29 bits per heavy atom. The zero-order valence-corrected chi connectivity index (χ0v) is 9.38. The molecule has 0 amide bonds. The lowest BCUT2D eigenvalue weighted by molar-refractivity contribution is -0.122. The Hall–Kier alpha value is -0.410. The van der Waals surface area contributed by atoms with Crippen LogP contribution in [0.3, 0.4) is 0 Å². The van der Waals surface area contributed by atoms with Crippen molar-refractivity contribution in [1.29, 1.82) is 0 Å². The molecule has 0 aromatic carbocycles. The Morgan fingerprint density at radius 3 is 2.71 bits per heavy atom. The highest BCUT2D eigenvalue weighted by atomic mass is 16.5. The Balaban J connectivity index is 2.45. The lowest BCUT2D eigenvalue weighted by Crippen LogP contribution is -2.46. The fraction of sp³-hybridized carbons (Fsp3) is 0.909. The maximum Gasteiger partial charge on any atom is 0.149 e. The summed E-state index contributed by atoms with van der Waals surface area (Å²) < 4.78 is 5.28. The molecule has 3 nitrogen and oxygen atoms in total. The summed E-state index contributed by atoms with van der Waals surface area (Å²) in [7, 11) is 0. The number of rotatable bonds is 5. The number of nitrogens with one attached hydrogen (secondary N) is 1. The molecular weight excluding hydrogens is 178 g/mol. The minimum Gasteiger partial charge on any atom is -0.380 e. The molecule has 82 valence electrons. The van der Waals surface area contributed by atoms with Crippen LogP contribution in [0.4, 0.5) is 0 Å². The first-order valence-corrected chi connectivity index (χ1v) is 5.51. The molecule has 0 spiro atoms. The summed E-state index contributed by atoms with van der Waals surface area (Å²) in [6.45, 7) is 7.66. The summed E-state index contributed by atoms with van der Waals surface area (Å²) in [5, 5.41) is 3.39. The van der Waals surface area contributed by atoms with Crippen molar-refractivity contribution in [2.75, 3.05) is 13.2 Å². The van der Waals surface area contributed by atoms with E-state index in [2.05, 4.69) is 19.2 Å². The van der Waals surface area contributed by atoms with Crippen LogP contribution in [0.15, 0.2) is 0 Å². The number of carbonyl (C=O) groups is 1. The molecule has 0 saturated carbocycles. The molecule has 1 aliphatic heterocycles. The smallest absolute Gasteiger partial charge is 0.149 e. The molecule has 0 radical (unpaired) electrons. The molecule has 3 heteroatoms. The third-order valence-electron chi connectivity index (χ3n) is 2.71. The van der Waals surface area contributed by atoms with Crippen molar-refractivity contribution in [2.45, 2.75) is 45.7 Å². The Morgan fingerprint density at radius 1 is 1.57 bits per heavy atom. The van der Waals surface area contributed by atoms with Crippen LogP contribution in [0.1, 0.15) is 33.6 Å². The molecule has 2 unspecified atom stereocenters. The molecule has 0 aliphatic carbocycles. The zero-order valence-electron chi connectivity index (χ0n) is 9.38. The minimum atomic E-state index is 0.00620. The lowest BCUT2D eigenvalue weighted by Gasteiger charge is -2.23. The molecule has 1 saturated heterocycles. The van der Waals surface area contributed by atoms with Crippen molar-refractivity contribution in [3.8, 4) is 0 Å². The van der Waals surface area contributed by atoms with Gasteiger partial charge in [-0.05, 0) is 12.3 Å². The van der Waals surface area contributed by atoms with Crippen LogP contribution in [0.2, 0.25) is 0 Å². The van der Waals surface area contributed by atoms with Crippen molar-refractivity contribution in [2.24, 2.45) is 5.92 Å². The molecule has 2 atom stereocenters. The monoisotopic (exact) mass is 199 g/mol. The van der Waals surface area contributed by atoms with Crippen molar-refractivity contribution < 1.29 is 9.53 Å². The van der Waals surface area contributed by atoms with E-state index < -0.39 is 0 Å². The predicted octanol–water partition coefficient (Wildman–Crippen LogP) is 1.37. The van der Waals surface area contributed by atoms with E-state index in [-0.39, 0.29) is 6.04 Å². The van der Waals surface area contributed by atoms with E-state index in [1.54, 1.807) is 0 Å². The van der Waals surface area contributed by atoms with Gasteiger partial charge in [0.1, 0.15) is 5.78 Å². The number of Topliss-reactive ketones (excluding diaryl/α,β-unsaturated/α-hetero) is 1. The normalized spacial score (nSPS) is 24.1. The number of hydrogen-bond donors (Lipinski definition) is 1. The molecule has 1 N–H and O–H groups in total. The highest BCUT2D eigenvalue weighted by molar-refractivity contribution is 5.84. The first kappa shape index (κ1) is 11.7. The van der Waals surface area contributed by atoms with Gasteiger partial charge in [0.2, 0.25) is 0 Å². The average Bonchev–Trinajstić information content (AvgIpc) is 2.65. The standard InChI is InChI=1S/C11H21NO2/c1-4-10(13)11(8(2)3)12-9-5-6-14-7-9/h8-9,11-12H,4-7H2,1-3H3. The Kier molecular flexibility index (Phi) is 4.55. The first-order chi connectivity index (χ1) is 6.65. The van der Waals surface area contributed by atoms with Gasteiger partial charge in [-0.25, -0.2) is 0 Å². The molecule has 1 fully saturated rings. The Bertz CT molecular complexity index is 186. The van der Waals surface area contributed by atoms with Crippen LogP contribution in [0.5, 0.6) is 0 Å². The van der Waals surface area contributed by atoms with E-state index in [1.165, 1.54) is 0 Å². The van der Waals surface area contributed by atoms with Gasteiger partial charge in [0, 0.05) is 19.1 Å². The van der Waals surface area contributed by atoms with Gasteiger partial charge in [0.15, 0.2) is 0 Å². The summed E-state index contributed by atoms with van der Waals surface area (Å²) in [4.78, 5) is 11.6. The summed E-state index contributed by atoms with van der Waals surface area (Å²) in [6.07, 6.45) is 1.64. The van der Waals surface area contributed by atoms with Crippen LogP contribution in [0.25, 0.3) is 0 Å². The number of ether oxygens (including phenoxy) is 1. The van der Waals surface area contributed by atoms with Gasteiger partial charge in [0.05, 0.1) is 12.6 Å². The van der Waals surface area contributed by atoms with Crippen molar-refractivity contribution in [3.05, 3.63) is 0 Å². The topological polar surface area (TPSA) is 38.3 Å². The molecule has 0 aromatic heterocycles. The van der Waals surface area contributed by atoms with Crippen LogP contribution >= 0.6 is 0 Å². The maximum absolute atomic E-state index is 11.6. The second kappa shape index (κ2) is 5.47. The van der Waals surface area contributed by atoms with Crippen LogP contribution in [-0.4, -0.2) is 31.1 Å². The van der Waals surface area contributed by atoms with Crippen molar-refractivity contribution in [3.63, 3.8) is 0 Å². The van der Waals surface area contributed by atoms with E-state index in [4.69, 9.17) is 4.74 Å². The van der Waals surface area contributed by atoms with E-state index >= 15 is 0 Å². The van der Waals surface area contributed by atoms with Gasteiger partial charge in [-0.3, -0.25) is 4.79 Å². The lowest BCUT2D eigenvalue weighted by atomic mass is 9.97. The molecule has 1 rings (SSSR count). The van der Waals surface area contributed by atoms with Gasteiger partial charge in [0.25, 0.3) is 0 Å². The zero-order chi connectivity index (χ0) is 10.6. The minimum absolute atomic E-state index is 0.00620. The SMILES string of the molecule is CCC(=O)C(NC1CCOC1)C(C)C. The summed E-state index contributed by atoms with van der Waals surface area (Å²) in [5.74, 6) is 0.676. The van der Waals surface area contributed by atoms with Crippen LogP contribution in [0, 0.1) is 5.92 Å². The number of ketones is 1. The second-order valence-corrected chi connectivity index (χ2v) is 4.27. The highest BCUT2D eigenvalue weighted by Gasteiger charge is 2.25. The molecule has 0 bridgehead atoms. The van der Waals surface area contributed by atoms with E-state index in [0.717, 1.165) is 19.6 Å². The third kappa shape index (κ3) is 3.07. The predicted molar refractivity (Wildman–Crippen MR) is 56.3 cm³/mol. The Labute approximate surface area is 86.2 Å². The third-order valence-corrected chi connectivity index (χ3v) is 2.71. The molecule has 1 heterocycles. The average molecular weight is 199 g/mol. The largest absolute Gasteiger partial charge is 0.380 e. The van der Waals surface area contributed by atoms with Crippen molar-refractivity contribution in [1.82, 2.24) is 5.32 Å². The van der Waals surface area contributed by atoms with Gasteiger partial charge in [-0.2, -0.15) is 0 Å². The molecule has 14 heavy (non-hydrogen) atoms. The quantitative estimate of drug-likeness (QED) is 0.726. The number of carbonyl (C=O) groups excluding carboxylic acids is 1. The van der Waals surface area contributed by atoms with Gasteiger partial charge in [-0.1, -0.05) is 20.8 Å². The van der Waals surface area contributed by atoms with Crippen molar-refractivity contribution >= 4 is 5.78 Å². The fourth-order valence-electron chi connectivity index (χ4n) is 1.80. The van der Waals surface area contributed by atoms with Gasteiger partial charge < -0.3 is 10.1 Å². The van der Waals surface area contributed by atoms with E-state index in [1.807, 2.05) is 6.92 Å². The van der Waals surface area contributed by atoms with E-state index in [0.29, 0.717) is 24.2 Å². The molecule has 0 aromatic rings. The molecular formula is C11H21NO2. The summed E-state index contributed by atoms with van der Waals surface area (Å²) in [5.41, 5.74) is 0. The van der Waals surface area contributed by atoms with Gasteiger partial charge in [-0.15, -0.1) is 0 Å². The molecule has 1 aliphatic rings. The fourth-order valence-corrected chi connectivity index (χ4v) is 1.80. The van der Waals surface area contributed by atoms with Gasteiger partial charge >= 0.3 is 0 Å². The second-order valence-electron chi connectivity index (χ2n) is 4.27. The van der Waals surface area contributed by atoms with Crippen LogP contribution in [-0.2, 0) is 9.53 Å². The number of hydrogen-bond acceptors (Lipinski definition) is 3. The van der Waals surface area contributed by atoms with E-state index in [9.17, 15) is 4.79 Å². The van der Waals surface area contributed by atoms with Crippen LogP contribution < -0.4 is 5.32 Å². The summed E-state index contributed by atoms with van der Waals surface area (Å²) >= 11 is 0.